The Morgan fingerprint density at radius 1 is 1.00 bits per heavy atom. The summed E-state index contributed by atoms with van der Waals surface area (Å²) >= 11 is 0. The van der Waals surface area contributed by atoms with Crippen molar-refractivity contribution in [3.05, 3.63) is 0 Å². The predicted octanol–water partition coefficient (Wildman–Crippen LogP) is -10.2. The normalized spacial score (nSPS) is 9.00. The molecule has 0 heterocycles. The molecule has 0 radical (unpaired) electrons. The summed E-state index contributed by atoms with van der Waals surface area (Å²) in [4.78, 5) is 21.6. The Kier molecular flexibility index (Phi) is 31.6. The van der Waals surface area contributed by atoms with Crippen molar-refractivity contribution in [1.29, 1.82) is 0 Å². The van der Waals surface area contributed by atoms with Crippen LogP contribution in [0.4, 0.5) is 0 Å². The van der Waals surface area contributed by atoms with E-state index >= 15 is 0 Å². The number of hydrogen-bond acceptors (Lipinski definition) is 3. The van der Waals surface area contributed by atoms with E-state index in [0.717, 1.165) is 0 Å². The maximum atomic E-state index is 8.88. The van der Waals surface area contributed by atoms with Crippen LogP contribution in [-0.2, 0) is 15.0 Å². The average Bonchev–Trinajstić information content (AvgIpc) is 1.12. The first-order valence-electron chi connectivity index (χ1n) is 1.48. The largest absolute Gasteiger partial charge is 1.00 e. The number of hydrogen-bond donors (Lipinski definition) is 5. The third-order valence-corrected chi connectivity index (χ3v) is 0. The van der Waals surface area contributed by atoms with Crippen LogP contribution in [0.15, 0.2) is 0 Å². The second-order valence-corrected chi connectivity index (χ2v) is 2.88. The van der Waals surface area contributed by atoms with Crippen LogP contribution in [0, 0.1) is 0 Å². The molecular weight excluding hydrogens is 276 g/mol. The zero-order valence-electron chi connectivity index (χ0n) is 10.3. The predicted molar refractivity (Wildman–Crippen MR) is 31.8 cm³/mol. The molecule has 0 atom stereocenters. The van der Waals surface area contributed by atoms with Gasteiger partial charge in [-0.1, -0.05) is 0 Å². The summed E-state index contributed by atoms with van der Waals surface area (Å²) in [7, 11) is -9.31. The van der Waals surface area contributed by atoms with Gasteiger partial charge in [-0.3, -0.25) is 9.11 Å². The van der Waals surface area contributed by atoms with E-state index in [1.165, 1.54) is 0 Å². The van der Waals surface area contributed by atoms with Crippen LogP contribution in [0.3, 0.4) is 0 Å². The molecule has 0 aliphatic heterocycles. The van der Waals surface area contributed by atoms with Crippen LogP contribution in [-0.4, -0.2) is 32.2 Å². The topological polar surface area (TPSA) is 152 Å². The minimum absolute atomic E-state index is 0. The molecule has 13 heteroatoms. The van der Waals surface area contributed by atoms with Gasteiger partial charge in [0.05, 0.1) is 0 Å². The molecule has 0 aromatic rings. The van der Waals surface area contributed by atoms with Crippen molar-refractivity contribution in [3.8, 4) is 0 Å². The quantitative estimate of drug-likeness (QED) is 0.167. The van der Waals surface area contributed by atoms with Gasteiger partial charge in [0.25, 0.3) is 0 Å². The molecule has 13 heavy (non-hydrogen) atoms. The van der Waals surface area contributed by atoms with Gasteiger partial charge in [-0.25, -0.2) is 4.57 Å². The van der Waals surface area contributed by atoms with Gasteiger partial charge in [0, 0.05) is 0 Å². The first-order valence-corrected chi connectivity index (χ1v) is 4.44. The van der Waals surface area contributed by atoms with Crippen molar-refractivity contribution < 1.29 is 152 Å². The minimum atomic E-state index is -4.67. The molecule has 0 aromatic carbocycles. The van der Waals surface area contributed by atoms with Crippen molar-refractivity contribution >= 4 is 18.2 Å². The van der Waals surface area contributed by atoms with E-state index in [1.807, 2.05) is 0 Å². The van der Waals surface area contributed by atoms with Crippen LogP contribution in [0.1, 0.15) is 4.28 Å². The fourth-order valence-electron chi connectivity index (χ4n) is 0. The van der Waals surface area contributed by atoms with Crippen LogP contribution < -0.4 is 110 Å². The third kappa shape index (κ3) is 221. The second kappa shape index (κ2) is 13.7. The summed E-state index contributed by atoms with van der Waals surface area (Å²) in [5.41, 5.74) is 0. The fraction of sp³-hybridized carbons (Fsp3) is 0. The molecule has 0 saturated carbocycles. The first-order chi connectivity index (χ1) is 4.00. The molecule has 0 saturated heterocycles. The first kappa shape index (κ1) is 30.0. The zero-order chi connectivity index (χ0) is 9.00. The molecule has 0 fully saturated rings. The molecule has 0 rings (SSSR count). The molecular formula is H8KNa2O8PS. The van der Waals surface area contributed by atoms with E-state index in [4.69, 9.17) is 36.8 Å². The number of phosphoric acid groups is 1. The van der Waals surface area contributed by atoms with E-state index < -0.39 is 18.2 Å². The summed E-state index contributed by atoms with van der Waals surface area (Å²) in [5.74, 6) is 0. The summed E-state index contributed by atoms with van der Waals surface area (Å²) in [6.45, 7) is 0. The molecule has 0 aliphatic rings. The summed E-state index contributed by atoms with van der Waals surface area (Å²) < 4.78 is 40.5. The molecule has 0 spiro atoms. The monoisotopic (exact) mass is 284 g/mol. The summed E-state index contributed by atoms with van der Waals surface area (Å²) in [6.07, 6.45) is 0. The maximum absolute atomic E-state index is 8.88. The minimum Gasteiger partial charge on any atom is -1.00 e. The molecule has 0 bridgehead atoms. The van der Waals surface area contributed by atoms with Crippen molar-refractivity contribution in [2.75, 3.05) is 0 Å². The molecule has 0 amide bonds. The molecule has 0 unspecified atom stereocenters. The Morgan fingerprint density at radius 2 is 1.00 bits per heavy atom. The number of rotatable bonds is 0. The van der Waals surface area contributed by atoms with Gasteiger partial charge in [-0.15, -0.1) is 0 Å². The Labute approximate surface area is 166 Å². The van der Waals surface area contributed by atoms with E-state index in [9.17, 15) is 0 Å². The van der Waals surface area contributed by atoms with Gasteiger partial charge >= 0.3 is 129 Å². The Hall–Kier alpha value is 3.62. The average molecular weight is 284 g/mol. The molecule has 5 N–H and O–H groups in total. The van der Waals surface area contributed by atoms with Gasteiger partial charge in [0.15, 0.2) is 0 Å². The van der Waals surface area contributed by atoms with Gasteiger partial charge in [0.1, 0.15) is 0 Å². The molecule has 8 nitrogen and oxygen atoms in total. The fourth-order valence-corrected chi connectivity index (χ4v) is 0. The SMILES string of the molecule is O=P(O)(O)O.O=S(=O)(O)O.[H-].[H-].[H-].[K+].[Na+].[Na+]. The van der Waals surface area contributed by atoms with Crippen LogP contribution in [0.25, 0.3) is 0 Å². The van der Waals surface area contributed by atoms with Crippen LogP contribution >= 0.6 is 7.82 Å². The van der Waals surface area contributed by atoms with Crippen molar-refractivity contribution in [2.24, 2.45) is 0 Å². The summed E-state index contributed by atoms with van der Waals surface area (Å²) in [5, 5.41) is 0. The van der Waals surface area contributed by atoms with E-state index in [0.29, 0.717) is 0 Å². The van der Waals surface area contributed by atoms with Crippen molar-refractivity contribution in [2.45, 2.75) is 0 Å². The molecule has 0 aromatic heterocycles. The summed E-state index contributed by atoms with van der Waals surface area (Å²) in [6, 6.07) is 0. The van der Waals surface area contributed by atoms with Crippen molar-refractivity contribution in [1.82, 2.24) is 0 Å². The Balaban J connectivity index is -0.00000000970. The Bertz CT molecular complexity index is 211. The zero-order valence-corrected chi connectivity index (χ0v) is 16.2. The molecule has 70 valence electrons. The van der Waals surface area contributed by atoms with Crippen LogP contribution in [0.5, 0.6) is 0 Å². The van der Waals surface area contributed by atoms with Gasteiger partial charge in [-0.05, 0) is 0 Å². The van der Waals surface area contributed by atoms with Crippen molar-refractivity contribution in [3.63, 3.8) is 0 Å². The Morgan fingerprint density at radius 3 is 1.00 bits per heavy atom. The van der Waals surface area contributed by atoms with E-state index in [2.05, 4.69) is 0 Å². The van der Waals surface area contributed by atoms with E-state index in [-0.39, 0.29) is 115 Å². The van der Waals surface area contributed by atoms with Gasteiger partial charge in [-0.2, -0.15) is 8.42 Å². The van der Waals surface area contributed by atoms with Crippen LogP contribution in [0.2, 0.25) is 0 Å². The smallest absolute Gasteiger partial charge is 1.00 e. The van der Waals surface area contributed by atoms with E-state index in [1.54, 1.807) is 0 Å². The molecule has 0 aliphatic carbocycles. The second-order valence-electron chi connectivity index (χ2n) is 0.961. The maximum Gasteiger partial charge on any atom is 1.00 e. The van der Waals surface area contributed by atoms with Gasteiger partial charge < -0.3 is 19.0 Å². The third-order valence-electron chi connectivity index (χ3n) is 0. The van der Waals surface area contributed by atoms with Gasteiger partial charge in [0.2, 0.25) is 0 Å². The standard InChI is InChI=1S/K.2Na.H3O4P.H2O4S.3H/c;;;2*1-5(2,3)4;;;/h;;;(H3,1,2,3,4);(H2,1,2,3,4);;;/q3*+1;;;3*-1.